The molecule has 0 aromatic heterocycles. The van der Waals surface area contributed by atoms with Gasteiger partial charge in [-0.15, -0.1) is 0 Å². The zero-order chi connectivity index (χ0) is 6.69. The molecule has 1 N–H and O–H groups in total. The minimum Gasteiger partial charge on any atom is -0.384 e. The maximum absolute atomic E-state index is 5.06. The second-order valence-electron chi connectivity index (χ2n) is 2.85. The van der Waals surface area contributed by atoms with Crippen LogP contribution in [0.3, 0.4) is 0 Å². The number of nitrogens with one attached hydrogen (secondary N) is 1. The first-order valence-electron chi connectivity index (χ1n) is 3.54. The molecule has 1 fully saturated rings. The molecule has 0 amide bonds. The van der Waals surface area contributed by atoms with Gasteiger partial charge in [0, 0.05) is 13.7 Å². The summed E-state index contributed by atoms with van der Waals surface area (Å²) in [5.41, 5.74) is 0. The molecule has 1 aliphatic rings. The van der Waals surface area contributed by atoms with Crippen LogP contribution in [0.5, 0.6) is 0 Å². The van der Waals surface area contributed by atoms with E-state index in [2.05, 4.69) is 12.2 Å². The SMILES string of the molecule is COC[C@@H]1CNC[C@H]1C. The largest absolute Gasteiger partial charge is 0.384 e. The number of hydrogen-bond donors (Lipinski definition) is 1. The molecular weight excluding hydrogens is 114 g/mol. The van der Waals surface area contributed by atoms with Crippen molar-refractivity contribution in [2.45, 2.75) is 6.92 Å². The highest BCUT2D eigenvalue weighted by Crippen LogP contribution is 2.14. The number of methoxy groups -OCH3 is 1. The van der Waals surface area contributed by atoms with Gasteiger partial charge < -0.3 is 10.1 Å². The third-order valence-electron chi connectivity index (χ3n) is 2.06. The summed E-state index contributed by atoms with van der Waals surface area (Å²) in [5.74, 6) is 1.54. The first kappa shape index (κ1) is 7.03. The molecule has 1 heterocycles. The second-order valence-corrected chi connectivity index (χ2v) is 2.85. The quantitative estimate of drug-likeness (QED) is 0.586. The van der Waals surface area contributed by atoms with Crippen LogP contribution in [0.15, 0.2) is 0 Å². The van der Waals surface area contributed by atoms with Crippen molar-refractivity contribution in [1.29, 1.82) is 0 Å². The van der Waals surface area contributed by atoms with Gasteiger partial charge in [-0.3, -0.25) is 0 Å². The van der Waals surface area contributed by atoms with E-state index >= 15 is 0 Å². The van der Waals surface area contributed by atoms with Crippen LogP contribution in [0, 0.1) is 11.8 Å². The summed E-state index contributed by atoms with van der Waals surface area (Å²) in [7, 11) is 1.77. The molecule has 2 atom stereocenters. The first-order chi connectivity index (χ1) is 4.34. The molecule has 1 saturated heterocycles. The monoisotopic (exact) mass is 129 g/mol. The number of ether oxygens (including phenoxy) is 1. The van der Waals surface area contributed by atoms with Gasteiger partial charge >= 0.3 is 0 Å². The minimum atomic E-state index is 0.745. The second kappa shape index (κ2) is 3.18. The third kappa shape index (κ3) is 1.66. The fourth-order valence-electron chi connectivity index (χ4n) is 1.30. The summed E-state index contributed by atoms with van der Waals surface area (Å²) in [4.78, 5) is 0. The van der Waals surface area contributed by atoms with Crippen LogP contribution in [0.4, 0.5) is 0 Å². The lowest BCUT2D eigenvalue weighted by molar-refractivity contribution is 0.144. The van der Waals surface area contributed by atoms with Crippen molar-refractivity contribution >= 4 is 0 Å². The van der Waals surface area contributed by atoms with Gasteiger partial charge in [-0.25, -0.2) is 0 Å². The Labute approximate surface area is 56.6 Å². The van der Waals surface area contributed by atoms with Crippen LogP contribution in [0.1, 0.15) is 6.92 Å². The van der Waals surface area contributed by atoms with E-state index in [0.29, 0.717) is 0 Å². The van der Waals surface area contributed by atoms with E-state index in [1.54, 1.807) is 7.11 Å². The van der Waals surface area contributed by atoms with E-state index in [-0.39, 0.29) is 0 Å². The molecular formula is C7H15NO. The van der Waals surface area contributed by atoms with Gasteiger partial charge in [-0.1, -0.05) is 6.92 Å². The lowest BCUT2D eigenvalue weighted by Crippen LogP contribution is -2.15. The predicted octanol–water partition coefficient (Wildman–Crippen LogP) is 0.488. The molecule has 0 spiro atoms. The lowest BCUT2D eigenvalue weighted by Gasteiger charge is -2.11. The van der Waals surface area contributed by atoms with E-state index < -0.39 is 0 Å². The van der Waals surface area contributed by atoms with Gasteiger partial charge in [-0.05, 0) is 18.4 Å². The van der Waals surface area contributed by atoms with Gasteiger partial charge in [0.25, 0.3) is 0 Å². The van der Waals surface area contributed by atoms with Crippen molar-refractivity contribution < 1.29 is 4.74 Å². The van der Waals surface area contributed by atoms with E-state index in [9.17, 15) is 0 Å². The molecule has 1 aliphatic heterocycles. The Bertz CT molecular complexity index is 85.0. The minimum absolute atomic E-state index is 0.745. The Hall–Kier alpha value is -0.0800. The molecule has 0 unspecified atom stereocenters. The summed E-state index contributed by atoms with van der Waals surface area (Å²) in [6.45, 7) is 5.47. The van der Waals surface area contributed by atoms with Gasteiger partial charge in [-0.2, -0.15) is 0 Å². The van der Waals surface area contributed by atoms with Crippen LogP contribution < -0.4 is 5.32 Å². The van der Waals surface area contributed by atoms with E-state index in [1.165, 1.54) is 0 Å². The Morgan fingerprint density at radius 3 is 2.78 bits per heavy atom. The molecule has 9 heavy (non-hydrogen) atoms. The van der Waals surface area contributed by atoms with Crippen LogP contribution in [-0.4, -0.2) is 26.8 Å². The van der Waals surface area contributed by atoms with Gasteiger partial charge in [0.1, 0.15) is 0 Å². The molecule has 0 radical (unpaired) electrons. The molecule has 54 valence electrons. The zero-order valence-electron chi connectivity index (χ0n) is 6.18. The van der Waals surface area contributed by atoms with E-state index in [0.717, 1.165) is 31.5 Å². The van der Waals surface area contributed by atoms with Gasteiger partial charge in [0.15, 0.2) is 0 Å². The van der Waals surface area contributed by atoms with Crippen LogP contribution >= 0.6 is 0 Å². The predicted molar refractivity (Wildman–Crippen MR) is 37.4 cm³/mol. The van der Waals surface area contributed by atoms with Gasteiger partial charge in [0.2, 0.25) is 0 Å². The van der Waals surface area contributed by atoms with Crippen LogP contribution in [-0.2, 0) is 4.74 Å². The summed E-state index contributed by atoms with van der Waals surface area (Å²) >= 11 is 0. The molecule has 0 aromatic carbocycles. The average molecular weight is 129 g/mol. The summed E-state index contributed by atoms with van der Waals surface area (Å²) < 4.78 is 5.06. The molecule has 0 saturated carbocycles. The summed E-state index contributed by atoms with van der Waals surface area (Å²) in [5, 5.41) is 3.33. The average Bonchev–Trinajstić information content (AvgIpc) is 2.18. The highest BCUT2D eigenvalue weighted by molar-refractivity contribution is 4.77. The van der Waals surface area contributed by atoms with E-state index in [4.69, 9.17) is 4.74 Å². The smallest absolute Gasteiger partial charge is 0.0505 e. The van der Waals surface area contributed by atoms with Crippen molar-refractivity contribution in [2.75, 3.05) is 26.8 Å². The van der Waals surface area contributed by atoms with Crippen molar-refractivity contribution in [1.82, 2.24) is 5.32 Å². The molecule has 2 heteroatoms. The fourth-order valence-corrected chi connectivity index (χ4v) is 1.30. The Morgan fingerprint density at radius 1 is 1.56 bits per heavy atom. The van der Waals surface area contributed by atoms with Gasteiger partial charge in [0.05, 0.1) is 6.61 Å². The Kier molecular flexibility index (Phi) is 2.49. The highest BCUT2D eigenvalue weighted by Gasteiger charge is 2.21. The fraction of sp³-hybridized carbons (Fsp3) is 1.00. The van der Waals surface area contributed by atoms with Crippen molar-refractivity contribution in [3.8, 4) is 0 Å². The molecule has 1 rings (SSSR count). The summed E-state index contributed by atoms with van der Waals surface area (Å²) in [6.07, 6.45) is 0. The van der Waals surface area contributed by atoms with Crippen LogP contribution in [0.25, 0.3) is 0 Å². The topological polar surface area (TPSA) is 21.3 Å². The molecule has 2 nitrogen and oxygen atoms in total. The number of hydrogen-bond acceptors (Lipinski definition) is 2. The normalized spacial score (nSPS) is 35.3. The van der Waals surface area contributed by atoms with Crippen molar-refractivity contribution in [3.63, 3.8) is 0 Å². The maximum Gasteiger partial charge on any atom is 0.0505 e. The lowest BCUT2D eigenvalue weighted by atomic mass is 10.00. The third-order valence-corrected chi connectivity index (χ3v) is 2.06. The van der Waals surface area contributed by atoms with Crippen molar-refractivity contribution in [3.05, 3.63) is 0 Å². The maximum atomic E-state index is 5.06. The zero-order valence-corrected chi connectivity index (χ0v) is 6.18. The summed E-state index contributed by atoms with van der Waals surface area (Å²) in [6, 6.07) is 0. The van der Waals surface area contributed by atoms with E-state index in [1.807, 2.05) is 0 Å². The Morgan fingerprint density at radius 2 is 2.33 bits per heavy atom. The Balaban J connectivity index is 2.22. The first-order valence-corrected chi connectivity index (χ1v) is 3.54. The highest BCUT2D eigenvalue weighted by atomic mass is 16.5. The molecule has 0 aromatic rings. The standard InChI is InChI=1S/C7H15NO/c1-6-3-8-4-7(6)5-9-2/h6-8H,3-5H2,1-2H3/t6-,7+/m1/s1. The number of rotatable bonds is 2. The molecule has 0 bridgehead atoms. The van der Waals surface area contributed by atoms with Crippen molar-refractivity contribution in [2.24, 2.45) is 11.8 Å². The van der Waals surface area contributed by atoms with Crippen LogP contribution in [0.2, 0.25) is 0 Å². The molecule has 0 aliphatic carbocycles.